The molecule has 0 radical (unpaired) electrons. The van der Waals surface area contributed by atoms with Crippen molar-refractivity contribution in [2.75, 3.05) is 26.4 Å². The fourth-order valence-corrected chi connectivity index (χ4v) is 11.7. The van der Waals surface area contributed by atoms with Gasteiger partial charge in [-0.25, -0.2) is 29.9 Å². The highest BCUT2D eigenvalue weighted by molar-refractivity contribution is 6.14. The minimum Gasteiger partial charge on any atom is -0.396 e. The molecule has 8 aromatic carbocycles. The van der Waals surface area contributed by atoms with Gasteiger partial charge in [0.1, 0.15) is 22.6 Å². The van der Waals surface area contributed by atoms with E-state index in [-0.39, 0.29) is 26.4 Å². The lowest BCUT2D eigenvalue weighted by atomic mass is 9.94. The lowest BCUT2D eigenvalue weighted by Gasteiger charge is -2.10. The average molecular weight is 1050 g/mol. The zero-order valence-electron chi connectivity index (χ0n) is 44.1. The Balaban J connectivity index is 1.16. The minimum absolute atomic E-state index is 0.108. The molecule has 11 aromatic rings. The third-order valence-electron chi connectivity index (χ3n) is 15.4. The van der Waals surface area contributed by atoms with Gasteiger partial charge in [-0.05, 0) is 118 Å². The van der Waals surface area contributed by atoms with Crippen molar-refractivity contribution < 1.29 is 20.4 Å². The summed E-state index contributed by atoms with van der Waals surface area (Å²) in [6.45, 7) is 0.431. The van der Waals surface area contributed by atoms with Crippen LogP contribution in [-0.2, 0) is 25.7 Å². The van der Waals surface area contributed by atoms with Crippen LogP contribution in [0.1, 0.15) is 47.9 Å². The van der Waals surface area contributed by atoms with Crippen LogP contribution in [0.25, 0.3) is 134 Å². The van der Waals surface area contributed by atoms with Crippen LogP contribution in [0.15, 0.2) is 170 Å². The van der Waals surface area contributed by atoms with Crippen molar-refractivity contribution in [3.8, 4) is 90.1 Å². The maximum Gasteiger partial charge on any atom is 0.165 e. The molecule has 8 bridgehead atoms. The van der Waals surface area contributed by atoms with Crippen LogP contribution in [-0.4, -0.2) is 86.7 Å². The van der Waals surface area contributed by atoms with Gasteiger partial charge in [0.2, 0.25) is 0 Å². The SMILES string of the molecule is OCCCc1cccc(-c2cccc3c2-c2nc-3nc3[nH]c(nc4nc(nc5[nH]c(n2)c2cccc(-c6cccc(CCCO)c6)c52)-c2cccc(-c5cccc(CCCO)c5)c2-4)c2cccc(-c4cccc(CCCO)c4)c32)c1. The fourth-order valence-electron chi connectivity index (χ4n) is 11.7. The van der Waals surface area contributed by atoms with Gasteiger partial charge >= 0.3 is 0 Å². The summed E-state index contributed by atoms with van der Waals surface area (Å²) in [5.41, 5.74) is 17.9. The normalized spacial score (nSPS) is 11.8. The predicted octanol–water partition coefficient (Wildman–Crippen LogP) is 13.2. The molecule has 6 N–H and O–H groups in total. The van der Waals surface area contributed by atoms with Crippen LogP contribution in [0.2, 0.25) is 0 Å². The van der Waals surface area contributed by atoms with Crippen molar-refractivity contribution in [2.24, 2.45) is 0 Å². The molecule has 0 spiro atoms. The second-order valence-corrected chi connectivity index (χ2v) is 20.6. The van der Waals surface area contributed by atoms with Crippen molar-refractivity contribution in [2.45, 2.75) is 51.4 Å². The van der Waals surface area contributed by atoms with Crippen molar-refractivity contribution in [1.29, 1.82) is 0 Å². The Hall–Kier alpha value is -9.04. The van der Waals surface area contributed by atoms with Gasteiger partial charge in [0.25, 0.3) is 0 Å². The molecule has 5 heterocycles. The second-order valence-electron chi connectivity index (χ2n) is 20.6. The van der Waals surface area contributed by atoms with Gasteiger partial charge in [-0.15, -0.1) is 0 Å². The first-order chi connectivity index (χ1) is 39.5. The molecule has 0 unspecified atom stereocenters. The van der Waals surface area contributed by atoms with Crippen molar-refractivity contribution in [1.82, 2.24) is 39.9 Å². The third-order valence-corrected chi connectivity index (χ3v) is 15.4. The first-order valence-corrected chi connectivity index (χ1v) is 27.6. The van der Waals surface area contributed by atoms with Crippen LogP contribution >= 0.6 is 0 Å². The van der Waals surface area contributed by atoms with Gasteiger partial charge in [0, 0.05) is 70.2 Å². The van der Waals surface area contributed by atoms with Gasteiger partial charge in [-0.1, -0.05) is 170 Å². The van der Waals surface area contributed by atoms with Gasteiger partial charge in [-0.2, -0.15) is 0 Å². The highest BCUT2D eigenvalue weighted by Crippen LogP contribution is 2.45. The van der Waals surface area contributed by atoms with Gasteiger partial charge in [0.05, 0.1) is 0 Å². The maximum absolute atomic E-state index is 9.78. The quantitative estimate of drug-likeness (QED) is 0.0543. The maximum atomic E-state index is 9.78. The summed E-state index contributed by atoms with van der Waals surface area (Å²) in [4.78, 5) is 40.5. The highest BCUT2D eigenvalue weighted by atomic mass is 16.3. The van der Waals surface area contributed by atoms with E-state index in [4.69, 9.17) is 29.9 Å². The largest absolute Gasteiger partial charge is 0.396 e. The number of aliphatic hydroxyl groups excluding tert-OH is 4. The molecule has 0 atom stereocenters. The third kappa shape index (κ3) is 9.51. The Morgan fingerprint density at radius 3 is 0.950 bits per heavy atom. The van der Waals surface area contributed by atoms with Crippen LogP contribution in [0, 0.1) is 0 Å². The van der Waals surface area contributed by atoms with E-state index < -0.39 is 0 Å². The minimum atomic E-state index is 0.108. The van der Waals surface area contributed by atoms with E-state index in [9.17, 15) is 20.4 Å². The molecule has 80 heavy (non-hydrogen) atoms. The van der Waals surface area contributed by atoms with Crippen molar-refractivity contribution in [3.05, 3.63) is 192 Å². The summed E-state index contributed by atoms with van der Waals surface area (Å²) >= 11 is 0. The Bertz CT molecular complexity index is 4080. The number of H-pyrrole nitrogens is 2. The number of hydrogen-bond acceptors (Lipinski definition) is 10. The molecule has 0 saturated carbocycles. The van der Waals surface area contributed by atoms with Crippen LogP contribution in [0.5, 0.6) is 0 Å². The molecule has 0 amide bonds. The van der Waals surface area contributed by atoms with E-state index in [1.54, 1.807) is 0 Å². The highest BCUT2D eigenvalue weighted by Gasteiger charge is 2.27. The average Bonchev–Trinajstić information content (AvgIpc) is 4.37. The van der Waals surface area contributed by atoms with E-state index in [0.29, 0.717) is 71.6 Å². The number of aromatic amines is 2. The lowest BCUT2D eigenvalue weighted by molar-refractivity contribution is 0.288. The Labute approximate surface area is 462 Å². The topological polar surface area (TPSA) is 190 Å². The number of benzene rings is 8. The molecular weight excluding hydrogens is 993 g/mol. The summed E-state index contributed by atoms with van der Waals surface area (Å²) in [6.07, 6.45) is 5.57. The summed E-state index contributed by atoms with van der Waals surface area (Å²) in [5, 5.41) is 42.5. The molecule has 394 valence electrons. The smallest absolute Gasteiger partial charge is 0.165 e. The number of aromatic nitrogens is 8. The molecule has 3 aromatic heterocycles. The molecule has 13 rings (SSSR count). The molecule has 0 fully saturated rings. The Morgan fingerprint density at radius 2 is 0.588 bits per heavy atom. The Morgan fingerprint density at radius 1 is 0.287 bits per heavy atom. The number of nitrogens with one attached hydrogen (secondary N) is 2. The van der Waals surface area contributed by atoms with E-state index >= 15 is 0 Å². The van der Waals surface area contributed by atoms with Crippen molar-refractivity contribution in [3.63, 3.8) is 0 Å². The molecule has 0 saturated heterocycles. The van der Waals surface area contributed by atoms with Crippen LogP contribution < -0.4 is 0 Å². The fraction of sp³-hybridized carbons (Fsp3) is 0.176. The van der Waals surface area contributed by atoms with Gasteiger partial charge in [-0.3, -0.25) is 0 Å². The number of aliphatic hydroxyl groups is 4. The molecule has 12 heteroatoms. The van der Waals surface area contributed by atoms with Gasteiger partial charge in [0.15, 0.2) is 23.3 Å². The standard InChI is InChI=1S/C68H58N8O4/c77-33-9-17-41-13-1-21-45(37-41)49-25-5-29-53-57(49)65-69-61(53)74-66-59-51(47-23-3-15-43(39-47)19-11-35-79)27-7-31-55(59)63(71-66)76-68-60-52(48-24-4-16-44(40-48)20-12-36-80)28-8-32-56(60)64(72-68)75-67-58-50(26-6-30-54(58)62(70-67)73-65)46-22-2-14-42(38-46)18-10-34-78/h1-8,13-16,21-32,37-40,77-80H,9-12,17-20,33-36H2,(H2,69,70,71,72,73,74,75,76). The zero-order valence-corrected chi connectivity index (χ0v) is 44.1. The Kier molecular flexibility index (Phi) is 13.9. The van der Waals surface area contributed by atoms with E-state index in [1.165, 1.54) is 0 Å². The summed E-state index contributed by atoms with van der Waals surface area (Å²) in [5.74, 6) is 1.93. The number of rotatable bonds is 16. The molecular formula is C68H58N8O4. The number of aryl methyl sites for hydroxylation is 4. The monoisotopic (exact) mass is 1050 g/mol. The lowest BCUT2D eigenvalue weighted by Crippen LogP contribution is -1.92. The summed E-state index contributed by atoms with van der Waals surface area (Å²) in [6, 6.07) is 58.8. The van der Waals surface area contributed by atoms with E-state index in [0.717, 1.165) is 136 Å². The van der Waals surface area contributed by atoms with Crippen LogP contribution in [0.3, 0.4) is 0 Å². The van der Waals surface area contributed by atoms with Gasteiger partial charge < -0.3 is 30.4 Å². The summed E-state index contributed by atoms with van der Waals surface area (Å²) < 4.78 is 0. The number of hydrogen-bond donors (Lipinski definition) is 6. The molecule has 12 nitrogen and oxygen atoms in total. The number of fused-ring (bicyclic) bond motifs is 20. The molecule has 2 aliphatic rings. The second kappa shape index (κ2) is 22.0. The predicted molar refractivity (Wildman–Crippen MR) is 319 cm³/mol. The zero-order chi connectivity index (χ0) is 54.1. The molecule has 0 aliphatic carbocycles. The van der Waals surface area contributed by atoms with Crippen molar-refractivity contribution >= 4 is 44.1 Å². The first kappa shape index (κ1) is 50.5. The van der Waals surface area contributed by atoms with E-state index in [2.05, 4.69) is 168 Å². The van der Waals surface area contributed by atoms with E-state index in [1.807, 2.05) is 12.1 Å². The molecule has 2 aliphatic heterocycles. The number of nitrogens with zero attached hydrogens (tertiary/aromatic N) is 6. The summed E-state index contributed by atoms with van der Waals surface area (Å²) in [7, 11) is 0. The van der Waals surface area contributed by atoms with Crippen LogP contribution in [0.4, 0.5) is 0 Å². The first-order valence-electron chi connectivity index (χ1n) is 27.6.